The molecule has 1 fully saturated rings. The number of carbonyl (C=O) groups excluding carboxylic acids is 2. The SMILES string of the molecule is CCOC1=C(OC)C=CC(C)([C@@H](CS(C)(=O)=O)N2Cc3cccc(NC(=O)C4CC4)c3C2=O)C1. The van der Waals surface area contributed by atoms with E-state index in [0.29, 0.717) is 35.8 Å². The molecule has 4 rings (SSSR count). The first-order valence-electron chi connectivity index (χ1n) is 11.6. The molecule has 0 bridgehead atoms. The zero-order valence-electron chi connectivity index (χ0n) is 20.1. The molecule has 9 heteroatoms. The summed E-state index contributed by atoms with van der Waals surface area (Å²) >= 11 is 0. The van der Waals surface area contributed by atoms with Gasteiger partial charge in [0.1, 0.15) is 15.6 Å². The van der Waals surface area contributed by atoms with Crippen LogP contribution in [-0.2, 0) is 30.7 Å². The standard InChI is InChI=1S/C25H32N2O6S/c1-5-33-20-13-25(2,12-11-19(20)32-3)21(15-34(4,30)31)27-14-17-7-6-8-18(22(17)24(27)29)26-23(28)16-9-10-16/h6-8,11-12,16,21H,5,9-10,13-15H2,1-4H3,(H,26,28)/t21-,25?/m1/s1. The van der Waals surface area contributed by atoms with Crippen molar-refractivity contribution in [1.29, 1.82) is 0 Å². The van der Waals surface area contributed by atoms with Gasteiger partial charge in [-0.1, -0.05) is 25.1 Å². The molecule has 1 heterocycles. The molecular formula is C25H32N2O6S. The third kappa shape index (κ3) is 4.85. The van der Waals surface area contributed by atoms with E-state index in [4.69, 9.17) is 9.47 Å². The molecule has 34 heavy (non-hydrogen) atoms. The second kappa shape index (κ2) is 9.09. The summed E-state index contributed by atoms with van der Waals surface area (Å²) in [6, 6.07) is 4.76. The van der Waals surface area contributed by atoms with Crippen LogP contribution in [0, 0.1) is 11.3 Å². The average molecular weight is 489 g/mol. The van der Waals surface area contributed by atoms with Crippen molar-refractivity contribution in [3.05, 3.63) is 53.0 Å². The Morgan fingerprint density at radius 3 is 2.68 bits per heavy atom. The maximum Gasteiger partial charge on any atom is 0.256 e. The maximum absolute atomic E-state index is 13.7. The van der Waals surface area contributed by atoms with E-state index >= 15 is 0 Å². The number of hydrogen-bond acceptors (Lipinski definition) is 6. The predicted molar refractivity (Wildman–Crippen MR) is 129 cm³/mol. The molecule has 1 N–H and O–H groups in total. The number of benzene rings is 1. The molecule has 2 atom stereocenters. The summed E-state index contributed by atoms with van der Waals surface area (Å²) in [5, 5.41) is 2.91. The topological polar surface area (TPSA) is 102 Å². The maximum atomic E-state index is 13.7. The van der Waals surface area contributed by atoms with E-state index < -0.39 is 21.3 Å². The van der Waals surface area contributed by atoms with E-state index in [9.17, 15) is 18.0 Å². The number of nitrogens with one attached hydrogen (secondary N) is 1. The number of carbonyl (C=O) groups is 2. The molecule has 0 radical (unpaired) electrons. The van der Waals surface area contributed by atoms with Crippen molar-refractivity contribution in [2.24, 2.45) is 11.3 Å². The van der Waals surface area contributed by atoms with Crippen LogP contribution in [0.25, 0.3) is 0 Å². The van der Waals surface area contributed by atoms with Gasteiger partial charge < -0.3 is 19.7 Å². The van der Waals surface area contributed by atoms with Crippen LogP contribution in [0.2, 0.25) is 0 Å². The Bertz CT molecular complexity index is 1170. The van der Waals surface area contributed by atoms with E-state index in [1.807, 2.05) is 32.1 Å². The number of allylic oxidation sites excluding steroid dienone is 2. The largest absolute Gasteiger partial charge is 0.494 e. The Morgan fingerprint density at radius 1 is 1.32 bits per heavy atom. The van der Waals surface area contributed by atoms with Crippen molar-refractivity contribution in [2.45, 2.75) is 45.7 Å². The van der Waals surface area contributed by atoms with Gasteiger partial charge in [-0.05, 0) is 37.5 Å². The quantitative estimate of drug-likeness (QED) is 0.573. The lowest BCUT2D eigenvalue weighted by Crippen LogP contribution is -2.50. The Hall–Kier alpha value is -2.81. The number of nitrogens with zero attached hydrogens (tertiary/aromatic N) is 1. The van der Waals surface area contributed by atoms with Gasteiger partial charge in [-0.2, -0.15) is 0 Å². The van der Waals surface area contributed by atoms with Crippen molar-refractivity contribution in [1.82, 2.24) is 4.90 Å². The number of sulfone groups is 1. The molecule has 2 aliphatic carbocycles. The summed E-state index contributed by atoms with van der Waals surface area (Å²) in [5.41, 5.74) is 1.00. The first-order valence-corrected chi connectivity index (χ1v) is 13.6. The normalized spacial score (nSPS) is 23.1. The summed E-state index contributed by atoms with van der Waals surface area (Å²) in [6.45, 7) is 4.54. The van der Waals surface area contributed by atoms with Crippen molar-refractivity contribution in [3.8, 4) is 0 Å². The third-order valence-electron chi connectivity index (χ3n) is 6.74. The van der Waals surface area contributed by atoms with E-state index in [1.54, 1.807) is 24.2 Å². The van der Waals surface area contributed by atoms with Crippen LogP contribution in [0.3, 0.4) is 0 Å². The van der Waals surface area contributed by atoms with Crippen LogP contribution in [0.5, 0.6) is 0 Å². The van der Waals surface area contributed by atoms with E-state index in [0.717, 1.165) is 18.4 Å². The highest BCUT2D eigenvalue weighted by atomic mass is 32.2. The average Bonchev–Trinajstić information content (AvgIpc) is 3.56. The molecule has 8 nitrogen and oxygen atoms in total. The first-order chi connectivity index (χ1) is 16.1. The molecule has 3 aliphatic rings. The number of rotatable bonds is 9. The second-order valence-electron chi connectivity index (χ2n) is 9.58. The smallest absolute Gasteiger partial charge is 0.256 e. The summed E-state index contributed by atoms with van der Waals surface area (Å²) in [7, 11) is -1.86. The summed E-state index contributed by atoms with van der Waals surface area (Å²) in [5.74, 6) is 0.691. The van der Waals surface area contributed by atoms with Crippen molar-refractivity contribution >= 4 is 27.3 Å². The van der Waals surface area contributed by atoms with E-state index in [1.165, 1.54) is 6.26 Å². The molecular weight excluding hydrogens is 456 g/mol. The second-order valence-corrected chi connectivity index (χ2v) is 11.8. The van der Waals surface area contributed by atoms with Crippen molar-refractivity contribution in [2.75, 3.05) is 31.0 Å². The monoisotopic (exact) mass is 488 g/mol. The number of fused-ring (bicyclic) bond motifs is 1. The van der Waals surface area contributed by atoms with Gasteiger partial charge in [-0.25, -0.2) is 8.42 Å². The molecule has 1 aliphatic heterocycles. The molecule has 1 aromatic carbocycles. The van der Waals surface area contributed by atoms with Gasteiger partial charge in [0.25, 0.3) is 5.91 Å². The van der Waals surface area contributed by atoms with Crippen LogP contribution in [0.1, 0.15) is 49.0 Å². The van der Waals surface area contributed by atoms with Gasteiger partial charge in [0.15, 0.2) is 5.76 Å². The minimum atomic E-state index is -3.43. The minimum absolute atomic E-state index is 0.00601. The molecule has 184 valence electrons. The van der Waals surface area contributed by atoms with Crippen LogP contribution in [0.4, 0.5) is 5.69 Å². The molecule has 2 amide bonds. The van der Waals surface area contributed by atoms with E-state index in [-0.39, 0.29) is 30.0 Å². The van der Waals surface area contributed by atoms with Crippen molar-refractivity contribution in [3.63, 3.8) is 0 Å². The lowest BCUT2D eigenvalue weighted by Gasteiger charge is -2.42. The fourth-order valence-electron chi connectivity index (χ4n) is 4.80. The number of methoxy groups -OCH3 is 1. The Kier molecular flexibility index (Phi) is 6.50. The Balaban J connectivity index is 1.68. The minimum Gasteiger partial charge on any atom is -0.494 e. The van der Waals surface area contributed by atoms with E-state index in [2.05, 4.69) is 5.32 Å². The Labute approximate surface area is 200 Å². The zero-order chi connectivity index (χ0) is 24.7. The van der Waals surface area contributed by atoms with Gasteiger partial charge in [-0.3, -0.25) is 9.59 Å². The fourth-order valence-corrected chi connectivity index (χ4v) is 5.94. The highest BCUT2D eigenvalue weighted by molar-refractivity contribution is 7.90. The number of anilines is 1. The van der Waals surface area contributed by atoms with Gasteiger partial charge in [0, 0.05) is 30.6 Å². The summed E-state index contributed by atoms with van der Waals surface area (Å²) in [6.07, 6.45) is 7.01. The van der Waals surface area contributed by atoms with Gasteiger partial charge in [0.2, 0.25) is 5.91 Å². The number of hydrogen-bond donors (Lipinski definition) is 1. The Morgan fingerprint density at radius 2 is 2.06 bits per heavy atom. The fraction of sp³-hybridized carbons (Fsp3) is 0.520. The molecule has 1 unspecified atom stereocenters. The van der Waals surface area contributed by atoms with Crippen molar-refractivity contribution < 1.29 is 27.5 Å². The van der Waals surface area contributed by atoms with Gasteiger partial charge in [0.05, 0.1) is 36.8 Å². The molecule has 1 saturated carbocycles. The number of amides is 2. The van der Waals surface area contributed by atoms with Crippen LogP contribution < -0.4 is 5.32 Å². The summed E-state index contributed by atoms with van der Waals surface area (Å²) < 4.78 is 36.2. The number of ether oxygens (including phenoxy) is 2. The summed E-state index contributed by atoms with van der Waals surface area (Å²) in [4.78, 5) is 27.7. The van der Waals surface area contributed by atoms with Crippen LogP contribution in [-0.4, -0.2) is 56.9 Å². The highest BCUT2D eigenvalue weighted by Gasteiger charge is 2.46. The van der Waals surface area contributed by atoms with Gasteiger partial charge in [-0.15, -0.1) is 0 Å². The third-order valence-corrected chi connectivity index (χ3v) is 7.66. The first kappa shape index (κ1) is 24.3. The van der Waals surface area contributed by atoms with Crippen LogP contribution >= 0.6 is 0 Å². The molecule has 0 spiro atoms. The predicted octanol–water partition coefficient (Wildman–Crippen LogP) is 3.26. The zero-order valence-corrected chi connectivity index (χ0v) is 20.9. The van der Waals surface area contributed by atoms with Gasteiger partial charge >= 0.3 is 0 Å². The van der Waals surface area contributed by atoms with Crippen LogP contribution in [0.15, 0.2) is 41.9 Å². The molecule has 0 saturated heterocycles. The molecule has 0 aromatic heterocycles. The lowest BCUT2D eigenvalue weighted by atomic mass is 9.75. The molecule has 1 aromatic rings. The highest BCUT2D eigenvalue weighted by Crippen LogP contribution is 2.43. The lowest BCUT2D eigenvalue weighted by molar-refractivity contribution is -0.117.